The highest BCUT2D eigenvalue weighted by Gasteiger charge is 2.49. The third kappa shape index (κ3) is 4.16. The molecule has 1 aromatic heterocycles. The van der Waals surface area contributed by atoms with Crippen LogP contribution in [0.1, 0.15) is 31.7 Å². The minimum Gasteiger partial charge on any atom is -0.508 e. The van der Waals surface area contributed by atoms with Crippen molar-refractivity contribution in [2.75, 3.05) is 38.7 Å². The lowest BCUT2D eigenvalue weighted by Crippen LogP contribution is -2.43. The first-order chi connectivity index (χ1) is 19.1. The minimum atomic E-state index is -0.920. The summed E-state index contributed by atoms with van der Waals surface area (Å²) in [4.78, 5) is 12.7. The molecule has 0 bridgehead atoms. The van der Waals surface area contributed by atoms with Gasteiger partial charge < -0.3 is 19.8 Å². The van der Waals surface area contributed by atoms with Gasteiger partial charge in [0.15, 0.2) is 5.82 Å². The van der Waals surface area contributed by atoms with Crippen molar-refractivity contribution in [1.82, 2.24) is 14.9 Å². The van der Waals surface area contributed by atoms with E-state index >= 15 is 4.39 Å². The number of aryl methyl sites for hydroxylation is 1. The number of nitrogens with zero attached hydrogens (tertiary/aromatic N) is 4. The summed E-state index contributed by atoms with van der Waals surface area (Å²) in [5, 5.41) is 22.7. The van der Waals surface area contributed by atoms with Gasteiger partial charge in [-0.3, -0.25) is 4.90 Å². The van der Waals surface area contributed by atoms with Crippen LogP contribution < -0.4 is 9.64 Å². The molecule has 2 fully saturated rings. The van der Waals surface area contributed by atoms with Gasteiger partial charge in [-0.15, -0.1) is 0 Å². The number of anilines is 1. The van der Waals surface area contributed by atoms with Crippen LogP contribution in [0.15, 0.2) is 30.3 Å². The molecule has 0 radical (unpaired) electrons. The summed E-state index contributed by atoms with van der Waals surface area (Å²) >= 11 is 0. The number of fused-ring (bicyclic) bond motifs is 3. The lowest BCUT2D eigenvalue weighted by Gasteiger charge is -2.31. The van der Waals surface area contributed by atoms with E-state index < -0.39 is 29.1 Å². The second-order valence-corrected chi connectivity index (χ2v) is 11.0. The lowest BCUT2D eigenvalue weighted by molar-refractivity contribution is 0.107. The van der Waals surface area contributed by atoms with Gasteiger partial charge in [-0.25, -0.2) is 13.2 Å². The fraction of sp³-hybridized carbons (Fsp3) is 0.400. The van der Waals surface area contributed by atoms with Crippen molar-refractivity contribution >= 4 is 27.5 Å². The van der Waals surface area contributed by atoms with E-state index in [0.717, 1.165) is 19.4 Å². The summed E-state index contributed by atoms with van der Waals surface area (Å²) in [7, 11) is 3.46. The van der Waals surface area contributed by atoms with Crippen LogP contribution in [0.4, 0.5) is 19.0 Å². The second kappa shape index (κ2) is 9.69. The molecule has 0 saturated carbocycles. The van der Waals surface area contributed by atoms with Crippen molar-refractivity contribution in [1.29, 1.82) is 0 Å². The average molecular weight is 553 g/mol. The van der Waals surface area contributed by atoms with Gasteiger partial charge in [0.25, 0.3) is 0 Å². The molecular weight excluding hydrogens is 521 g/mol. The molecule has 40 heavy (non-hydrogen) atoms. The zero-order valence-electron chi connectivity index (χ0n) is 22.6. The van der Waals surface area contributed by atoms with E-state index in [9.17, 15) is 19.0 Å². The third-order valence-corrected chi connectivity index (χ3v) is 8.30. The molecule has 2 N–H and O–H groups in total. The normalized spacial score (nSPS) is 20.9. The Morgan fingerprint density at radius 3 is 2.70 bits per heavy atom. The van der Waals surface area contributed by atoms with Crippen molar-refractivity contribution in [2.45, 2.75) is 44.3 Å². The number of alkyl halides is 1. The maximum absolute atomic E-state index is 16.5. The van der Waals surface area contributed by atoms with Crippen molar-refractivity contribution in [2.24, 2.45) is 0 Å². The number of aromatic nitrogens is 2. The fourth-order valence-corrected chi connectivity index (χ4v) is 6.53. The van der Waals surface area contributed by atoms with Gasteiger partial charge in [0.05, 0.1) is 11.1 Å². The molecule has 0 unspecified atom stereocenters. The van der Waals surface area contributed by atoms with Crippen molar-refractivity contribution in [3.05, 3.63) is 47.5 Å². The number of aromatic hydroxyl groups is 2. The van der Waals surface area contributed by atoms with Crippen molar-refractivity contribution in [3.63, 3.8) is 0 Å². The first-order valence-corrected chi connectivity index (χ1v) is 13.5. The molecule has 0 amide bonds. The summed E-state index contributed by atoms with van der Waals surface area (Å²) in [6.45, 7) is 3.14. The van der Waals surface area contributed by atoms with Crippen LogP contribution in [0, 0.1) is 11.6 Å². The van der Waals surface area contributed by atoms with Gasteiger partial charge in [-0.2, -0.15) is 9.97 Å². The average Bonchev–Trinajstić information content (AvgIpc) is 3.43. The van der Waals surface area contributed by atoms with E-state index in [1.54, 1.807) is 25.9 Å². The van der Waals surface area contributed by atoms with E-state index in [1.807, 2.05) is 0 Å². The fourth-order valence-electron chi connectivity index (χ4n) is 6.53. The smallest absolute Gasteiger partial charge is 0.319 e. The summed E-state index contributed by atoms with van der Waals surface area (Å²) in [5.74, 6) is -1.53. The summed E-state index contributed by atoms with van der Waals surface area (Å²) < 4.78 is 51.6. The van der Waals surface area contributed by atoms with Crippen LogP contribution in [0.5, 0.6) is 17.5 Å². The van der Waals surface area contributed by atoms with Gasteiger partial charge in [0.2, 0.25) is 0 Å². The van der Waals surface area contributed by atoms with Crippen LogP contribution in [0.2, 0.25) is 0 Å². The number of phenols is 2. The Hall–Kier alpha value is -3.79. The van der Waals surface area contributed by atoms with Gasteiger partial charge in [0.1, 0.15) is 41.4 Å². The SMILES string of the molecule is CCc1c(F)ccc2cc(O)cc(-c3c(O)cc4c(N(C)C)nc(OC[C@@]56CCCN5C[C@H](F)C6)nc4c3F)c12. The minimum absolute atomic E-state index is 0.0590. The quantitative estimate of drug-likeness (QED) is 0.317. The highest BCUT2D eigenvalue weighted by Crippen LogP contribution is 2.45. The Bertz CT molecular complexity index is 1650. The summed E-state index contributed by atoms with van der Waals surface area (Å²) in [6, 6.07) is 6.92. The van der Waals surface area contributed by atoms with Gasteiger partial charge in [-0.1, -0.05) is 13.0 Å². The number of ether oxygens (including phenoxy) is 1. The molecule has 4 aromatic rings. The number of hydrogen-bond acceptors (Lipinski definition) is 7. The number of halogens is 3. The van der Waals surface area contributed by atoms with E-state index in [1.165, 1.54) is 30.3 Å². The molecule has 10 heteroatoms. The monoisotopic (exact) mass is 552 g/mol. The molecule has 3 aromatic carbocycles. The molecular formula is C30H31F3N4O3. The van der Waals surface area contributed by atoms with Crippen LogP contribution >= 0.6 is 0 Å². The molecule has 2 aliphatic heterocycles. The van der Waals surface area contributed by atoms with Crippen LogP contribution in [-0.2, 0) is 6.42 Å². The van der Waals surface area contributed by atoms with E-state index in [-0.39, 0.29) is 40.4 Å². The topological polar surface area (TPSA) is 82.0 Å². The molecule has 0 spiro atoms. The zero-order valence-corrected chi connectivity index (χ0v) is 22.6. The molecule has 2 saturated heterocycles. The van der Waals surface area contributed by atoms with Gasteiger partial charge in [0, 0.05) is 38.0 Å². The Kier molecular flexibility index (Phi) is 6.40. The van der Waals surface area contributed by atoms with E-state index in [4.69, 9.17) is 4.74 Å². The number of benzene rings is 3. The van der Waals surface area contributed by atoms with E-state index in [2.05, 4.69) is 14.9 Å². The summed E-state index contributed by atoms with van der Waals surface area (Å²) in [6.07, 6.45) is 1.52. The number of hydrogen-bond donors (Lipinski definition) is 2. The molecule has 6 rings (SSSR count). The Labute approximate surface area is 229 Å². The van der Waals surface area contributed by atoms with Gasteiger partial charge >= 0.3 is 6.01 Å². The van der Waals surface area contributed by atoms with Crippen LogP contribution in [0.25, 0.3) is 32.8 Å². The molecule has 3 heterocycles. The maximum atomic E-state index is 16.5. The van der Waals surface area contributed by atoms with Crippen LogP contribution in [-0.4, -0.2) is 70.6 Å². The van der Waals surface area contributed by atoms with Gasteiger partial charge in [-0.05, 0) is 66.4 Å². The van der Waals surface area contributed by atoms with Crippen LogP contribution in [0.3, 0.4) is 0 Å². The van der Waals surface area contributed by atoms with Crippen molar-refractivity contribution in [3.8, 4) is 28.6 Å². The number of rotatable bonds is 6. The van der Waals surface area contributed by atoms with Crippen molar-refractivity contribution < 1.29 is 28.1 Å². The number of phenolic OH excluding ortho intramolecular Hbond substituents is 2. The second-order valence-electron chi connectivity index (χ2n) is 11.0. The molecule has 0 aliphatic carbocycles. The predicted molar refractivity (Wildman–Crippen MR) is 148 cm³/mol. The largest absolute Gasteiger partial charge is 0.508 e. The molecule has 210 valence electrons. The third-order valence-electron chi connectivity index (χ3n) is 8.30. The highest BCUT2D eigenvalue weighted by molar-refractivity contribution is 6.04. The zero-order chi connectivity index (χ0) is 28.3. The standard InChI is InChI=1S/C30H31F3N4O3/c1-4-19-22(32)7-6-16-10-18(38)11-20(24(16)19)25-23(39)12-21-27(26(25)33)34-29(35-28(21)36(2)3)40-15-30-8-5-9-37(30)14-17(31)13-30/h6-7,10-12,17,38-39H,4-5,8-9,13-15H2,1-3H3/t17-,30+/m1/s1. The molecule has 2 aliphatic rings. The first kappa shape index (κ1) is 26.4. The summed E-state index contributed by atoms with van der Waals surface area (Å²) in [5.41, 5.74) is -0.246. The Morgan fingerprint density at radius 1 is 1.15 bits per heavy atom. The Balaban J connectivity index is 1.52. The predicted octanol–water partition coefficient (Wildman–Crippen LogP) is 5.72. The lowest BCUT2D eigenvalue weighted by atomic mass is 9.91. The van der Waals surface area contributed by atoms with E-state index in [0.29, 0.717) is 41.5 Å². The molecule has 2 atom stereocenters. The maximum Gasteiger partial charge on any atom is 0.319 e. The molecule has 7 nitrogen and oxygen atoms in total. The first-order valence-electron chi connectivity index (χ1n) is 13.5. The highest BCUT2D eigenvalue weighted by atomic mass is 19.1. The Morgan fingerprint density at radius 2 is 1.95 bits per heavy atom.